The average Bonchev–Trinajstić information content (AvgIpc) is 2.78. The number of hydrogen-bond acceptors (Lipinski definition) is 3. The van der Waals surface area contributed by atoms with Gasteiger partial charge in [0.1, 0.15) is 0 Å². The third-order valence-electron chi connectivity index (χ3n) is 3.12. The molecule has 2 rings (SSSR count). The monoisotopic (exact) mass is 263 g/mol. The van der Waals surface area contributed by atoms with Crippen molar-refractivity contribution < 1.29 is 5.11 Å². The summed E-state index contributed by atoms with van der Waals surface area (Å²) in [5.74, 6) is 0. The minimum Gasteiger partial charge on any atom is -0.393 e. The van der Waals surface area contributed by atoms with Crippen LogP contribution in [0.15, 0.2) is 30.3 Å². The molecule has 1 aromatic heterocycles. The SMILES string of the molecule is CC(O)CCCNC(C)c1cc2ccccc2s1. The lowest BCUT2D eigenvalue weighted by Crippen LogP contribution is -2.19. The summed E-state index contributed by atoms with van der Waals surface area (Å²) in [6.45, 7) is 5.00. The molecule has 1 heterocycles. The van der Waals surface area contributed by atoms with E-state index < -0.39 is 0 Å². The first-order valence-electron chi connectivity index (χ1n) is 6.57. The van der Waals surface area contributed by atoms with Gasteiger partial charge >= 0.3 is 0 Å². The Morgan fingerprint density at radius 2 is 2.06 bits per heavy atom. The van der Waals surface area contributed by atoms with E-state index in [1.165, 1.54) is 15.0 Å². The second-order valence-electron chi connectivity index (χ2n) is 4.85. The van der Waals surface area contributed by atoms with E-state index >= 15 is 0 Å². The molecule has 2 aromatic rings. The van der Waals surface area contributed by atoms with Crippen molar-refractivity contribution in [1.82, 2.24) is 5.32 Å². The highest BCUT2D eigenvalue weighted by molar-refractivity contribution is 7.19. The van der Waals surface area contributed by atoms with Crippen LogP contribution in [0.3, 0.4) is 0 Å². The fraction of sp³-hybridized carbons (Fsp3) is 0.467. The van der Waals surface area contributed by atoms with Crippen molar-refractivity contribution in [2.45, 2.75) is 38.8 Å². The third-order valence-corrected chi connectivity index (χ3v) is 4.42. The highest BCUT2D eigenvalue weighted by Gasteiger charge is 2.08. The molecular weight excluding hydrogens is 242 g/mol. The standard InChI is InChI=1S/C15H21NOS/c1-11(17)6-5-9-16-12(2)15-10-13-7-3-4-8-14(13)18-15/h3-4,7-8,10-12,16-17H,5-6,9H2,1-2H3. The normalized spacial score (nSPS) is 14.8. The minimum absolute atomic E-state index is 0.188. The Hall–Kier alpha value is -0.900. The van der Waals surface area contributed by atoms with Crippen molar-refractivity contribution in [2.24, 2.45) is 0 Å². The van der Waals surface area contributed by atoms with Crippen molar-refractivity contribution >= 4 is 21.4 Å². The molecule has 0 spiro atoms. The topological polar surface area (TPSA) is 32.3 Å². The molecule has 0 radical (unpaired) electrons. The number of benzene rings is 1. The van der Waals surface area contributed by atoms with Crippen molar-refractivity contribution in [1.29, 1.82) is 0 Å². The number of fused-ring (bicyclic) bond motifs is 1. The Bertz CT molecular complexity index is 459. The van der Waals surface area contributed by atoms with E-state index in [0.29, 0.717) is 6.04 Å². The van der Waals surface area contributed by atoms with Crippen LogP contribution in [0.1, 0.15) is 37.6 Å². The van der Waals surface area contributed by atoms with Crippen LogP contribution in [0, 0.1) is 0 Å². The number of aliphatic hydroxyl groups is 1. The molecule has 0 fully saturated rings. The Labute approximate surface area is 113 Å². The smallest absolute Gasteiger partial charge is 0.0512 e. The maximum absolute atomic E-state index is 9.20. The molecule has 1 aromatic carbocycles. The Kier molecular flexibility index (Phi) is 4.75. The van der Waals surface area contributed by atoms with E-state index in [0.717, 1.165) is 19.4 Å². The number of rotatable bonds is 6. The molecule has 0 aliphatic rings. The quantitative estimate of drug-likeness (QED) is 0.779. The molecule has 0 aliphatic heterocycles. The Balaban J connectivity index is 1.90. The van der Waals surface area contributed by atoms with Crippen LogP contribution in [-0.4, -0.2) is 17.8 Å². The van der Waals surface area contributed by atoms with Gasteiger partial charge in [-0.15, -0.1) is 11.3 Å². The first-order chi connectivity index (χ1) is 8.66. The first-order valence-corrected chi connectivity index (χ1v) is 7.38. The van der Waals surface area contributed by atoms with Crippen LogP contribution >= 0.6 is 11.3 Å². The molecule has 0 aliphatic carbocycles. The molecule has 0 saturated heterocycles. The van der Waals surface area contributed by atoms with Gasteiger partial charge in [-0.2, -0.15) is 0 Å². The number of thiophene rings is 1. The maximum Gasteiger partial charge on any atom is 0.0512 e. The fourth-order valence-corrected chi connectivity index (χ4v) is 3.12. The summed E-state index contributed by atoms with van der Waals surface area (Å²) in [5, 5.41) is 14.0. The van der Waals surface area contributed by atoms with Crippen LogP contribution in [-0.2, 0) is 0 Å². The zero-order chi connectivity index (χ0) is 13.0. The van der Waals surface area contributed by atoms with Gasteiger partial charge in [0.15, 0.2) is 0 Å². The van der Waals surface area contributed by atoms with Gasteiger partial charge in [-0.1, -0.05) is 18.2 Å². The number of aliphatic hydroxyl groups excluding tert-OH is 1. The van der Waals surface area contributed by atoms with Crippen LogP contribution in [0.25, 0.3) is 10.1 Å². The molecular formula is C15H21NOS. The summed E-state index contributed by atoms with van der Waals surface area (Å²) in [6.07, 6.45) is 1.70. The molecule has 98 valence electrons. The minimum atomic E-state index is -0.188. The summed E-state index contributed by atoms with van der Waals surface area (Å²) in [6, 6.07) is 11.2. The van der Waals surface area contributed by atoms with Gasteiger partial charge in [0, 0.05) is 15.6 Å². The van der Waals surface area contributed by atoms with Crippen molar-refractivity contribution in [2.75, 3.05) is 6.54 Å². The third kappa shape index (κ3) is 3.55. The van der Waals surface area contributed by atoms with Gasteiger partial charge < -0.3 is 10.4 Å². The van der Waals surface area contributed by atoms with Gasteiger partial charge in [-0.05, 0) is 50.8 Å². The van der Waals surface area contributed by atoms with E-state index in [9.17, 15) is 5.11 Å². The zero-order valence-electron chi connectivity index (χ0n) is 11.0. The molecule has 3 heteroatoms. The molecule has 2 atom stereocenters. The van der Waals surface area contributed by atoms with E-state index in [1.807, 2.05) is 18.3 Å². The average molecular weight is 263 g/mol. The summed E-state index contributed by atoms with van der Waals surface area (Å²) in [4.78, 5) is 1.38. The summed E-state index contributed by atoms with van der Waals surface area (Å²) >= 11 is 1.86. The molecule has 2 unspecified atom stereocenters. The highest BCUT2D eigenvalue weighted by atomic mass is 32.1. The Morgan fingerprint density at radius 1 is 1.28 bits per heavy atom. The maximum atomic E-state index is 9.20. The zero-order valence-corrected chi connectivity index (χ0v) is 11.8. The molecule has 0 amide bonds. The predicted molar refractivity (Wildman–Crippen MR) is 79.2 cm³/mol. The van der Waals surface area contributed by atoms with E-state index in [2.05, 4.69) is 42.6 Å². The molecule has 2 nitrogen and oxygen atoms in total. The van der Waals surface area contributed by atoms with Crippen LogP contribution in [0.5, 0.6) is 0 Å². The van der Waals surface area contributed by atoms with E-state index in [-0.39, 0.29) is 6.10 Å². The Morgan fingerprint density at radius 3 is 2.78 bits per heavy atom. The second-order valence-corrected chi connectivity index (χ2v) is 5.97. The summed E-state index contributed by atoms with van der Waals surface area (Å²) < 4.78 is 1.35. The largest absolute Gasteiger partial charge is 0.393 e. The van der Waals surface area contributed by atoms with Crippen molar-refractivity contribution in [3.8, 4) is 0 Å². The summed E-state index contributed by atoms with van der Waals surface area (Å²) in [5.41, 5.74) is 0. The molecule has 0 bridgehead atoms. The lowest BCUT2D eigenvalue weighted by Gasteiger charge is -2.12. The van der Waals surface area contributed by atoms with Crippen molar-refractivity contribution in [3.05, 3.63) is 35.2 Å². The number of hydrogen-bond donors (Lipinski definition) is 2. The van der Waals surface area contributed by atoms with Gasteiger partial charge in [0.2, 0.25) is 0 Å². The van der Waals surface area contributed by atoms with E-state index in [1.54, 1.807) is 0 Å². The van der Waals surface area contributed by atoms with Crippen LogP contribution < -0.4 is 5.32 Å². The van der Waals surface area contributed by atoms with Gasteiger partial charge in [-0.25, -0.2) is 0 Å². The highest BCUT2D eigenvalue weighted by Crippen LogP contribution is 2.29. The number of nitrogens with one attached hydrogen (secondary N) is 1. The van der Waals surface area contributed by atoms with Gasteiger partial charge in [0.25, 0.3) is 0 Å². The predicted octanol–water partition coefficient (Wildman–Crippen LogP) is 3.71. The second kappa shape index (κ2) is 6.32. The first kappa shape index (κ1) is 13.5. The van der Waals surface area contributed by atoms with Gasteiger partial charge in [0.05, 0.1) is 6.10 Å². The van der Waals surface area contributed by atoms with Crippen LogP contribution in [0.4, 0.5) is 0 Å². The molecule has 2 N–H and O–H groups in total. The summed E-state index contributed by atoms with van der Waals surface area (Å²) in [7, 11) is 0. The molecule has 18 heavy (non-hydrogen) atoms. The molecule has 0 saturated carbocycles. The van der Waals surface area contributed by atoms with Crippen molar-refractivity contribution in [3.63, 3.8) is 0 Å². The van der Waals surface area contributed by atoms with Crippen LogP contribution in [0.2, 0.25) is 0 Å². The van der Waals surface area contributed by atoms with Gasteiger partial charge in [-0.3, -0.25) is 0 Å². The van der Waals surface area contributed by atoms with E-state index in [4.69, 9.17) is 0 Å². The lowest BCUT2D eigenvalue weighted by atomic mass is 10.2. The lowest BCUT2D eigenvalue weighted by molar-refractivity contribution is 0.181. The fourth-order valence-electron chi connectivity index (χ4n) is 2.03.